The van der Waals surface area contributed by atoms with Crippen molar-refractivity contribution < 1.29 is 9.59 Å². The lowest BCUT2D eigenvalue weighted by Gasteiger charge is -2.23. The summed E-state index contributed by atoms with van der Waals surface area (Å²) in [5, 5.41) is 5.75. The molecular formula is C18H26N2O2. The number of nitrogens with one attached hydrogen (secondary N) is 2. The molecule has 22 heavy (non-hydrogen) atoms. The maximum absolute atomic E-state index is 12.1. The lowest BCUT2D eigenvalue weighted by molar-refractivity contribution is -0.128. The normalized spacial score (nSPS) is 16.8. The van der Waals surface area contributed by atoms with Crippen molar-refractivity contribution in [2.24, 2.45) is 5.92 Å². The monoisotopic (exact) mass is 302 g/mol. The molecule has 1 aromatic carbocycles. The first kappa shape index (κ1) is 16.5. The Morgan fingerprint density at radius 2 is 1.82 bits per heavy atom. The van der Waals surface area contributed by atoms with E-state index >= 15 is 0 Å². The fourth-order valence-corrected chi connectivity index (χ4v) is 2.93. The zero-order valence-electron chi connectivity index (χ0n) is 13.3. The van der Waals surface area contributed by atoms with Gasteiger partial charge in [0, 0.05) is 12.0 Å². The van der Waals surface area contributed by atoms with Gasteiger partial charge in [-0.2, -0.15) is 0 Å². The lowest BCUT2D eigenvalue weighted by atomic mass is 9.95. The van der Waals surface area contributed by atoms with Crippen LogP contribution in [0.5, 0.6) is 0 Å². The predicted octanol–water partition coefficient (Wildman–Crippen LogP) is 2.43. The third-order valence-electron chi connectivity index (χ3n) is 4.23. The van der Waals surface area contributed by atoms with Crippen LogP contribution in [-0.4, -0.2) is 24.4 Å². The fraction of sp³-hybridized carbons (Fsp3) is 0.556. The van der Waals surface area contributed by atoms with E-state index in [1.807, 2.05) is 37.3 Å². The highest BCUT2D eigenvalue weighted by Crippen LogP contribution is 2.17. The van der Waals surface area contributed by atoms with E-state index in [0.717, 1.165) is 18.4 Å². The molecule has 1 aliphatic carbocycles. The molecular weight excluding hydrogens is 276 g/mol. The van der Waals surface area contributed by atoms with Crippen LogP contribution in [-0.2, 0) is 16.0 Å². The molecule has 1 atom stereocenters. The largest absolute Gasteiger partial charge is 0.352 e. The third kappa shape index (κ3) is 5.51. The molecule has 1 aromatic rings. The van der Waals surface area contributed by atoms with Crippen molar-refractivity contribution in [1.82, 2.24) is 10.6 Å². The molecule has 2 rings (SSSR count). The highest BCUT2D eigenvalue weighted by molar-refractivity contribution is 5.85. The van der Waals surface area contributed by atoms with Gasteiger partial charge in [-0.05, 0) is 24.8 Å². The molecule has 0 heterocycles. The number of hydrogen-bond donors (Lipinski definition) is 2. The number of hydrogen-bond acceptors (Lipinski definition) is 2. The number of amides is 2. The Bertz CT molecular complexity index is 481. The van der Waals surface area contributed by atoms with Crippen molar-refractivity contribution in [1.29, 1.82) is 0 Å². The molecule has 0 aromatic heterocycles. The highest BCUT2D eigenvalue weighted by Gasteiger charge is 2.17. The maximum atomic E-state index is 12.1. The van der Waals surface area contributed by atoms with Gasteiger partial charge in [0.15, 0.2) is 0 Å². The standard InChI is InChI=1S/C18H26N2O2/c1-14(12-15-8-4-2-5-9-15)18(22)19-13-17(21)20-16-10-6-3-7-11-16/h2,4-5,8-9,14,16H,3,6-7,10-13H2,1H3,(H,19,22)(H,20,21). The van der Waals surface area contributed by atoms with Crippen LogP contribution in [0.4, 0.5) is 0 Å². The lowest BCUT2D eigenvalue weighted by Crippen LogP contribution is -2.43. The summed E-state index contributed by atoms with van der Waals surface area (Å²) in [6.45, 7) is 1.97. The average Bonchev–Trinajstić information content (AvgIpc) is 2.54. The second kappa shape index (κ2) is 8.57. The van der Waals surface area contributed by atoms with E-state index in [9.17, 15) is 9.59 Å². The molecule has 0 bridgehead atoms. The summed E-state index contributed by atoms with van der Waals surface area (Å²) in [5.41, 5.74) is 1.14. The van der Waals surface area contributed by atoms with E-state index < -0.39 is 0 Å². The van der Waals surface area contributed by atoms with Crippen molar-refractivity contribution in [3.05, 3.63) is 35.9 Å². The van der Waals surface area contributed by atoms with E-state index in [0.29, 0.717) is 12.5 Å². The number of carbonyl (C=O) groups excluding carboxylic acids is 2. The SMILES string of the molecule is CC(Cc1ccccc1)C(=O)NCC(=O)NC1CCCCC1. The Labute approximate surface area is 132 Å². The minimum Gasteiger partial charge on any atom is -0.352 e. The van der Waals surface area contributed by atoms with E-state index in [1.54, 1.807) is 0 Å². The molecule has 0 spiro atoms. The van der Waals surface area contributed by atoms with E-state index in [-0.39, 0.29) is 24.3 Å². The van der Waals surface area contributed by atoms with Crippen LogP contribution in [0.2, 0.25) is 0 Å². The Kier molecular flexibility index (Phi) is 6.44. The van der Waals surface area contributed by atoms with Gasteiger partial charge in [-0.15, -0.1) is 0 Å². The van der Waals surface area contributed by atoms with Gasteiger partial charge in [0.2, 0.25) is 11.8 Å². The first-order valence-corrected chi connectivity index (χ1v) is 8.26. The van der Waals surface area contributed by atoms with Crippen LogP contribution in [0.3, 0.4) is 0 Å². The molecule has 1 unspecified atom stereocenters. The number of benzene rings is 1. The van der Waals surface area contributed by atoms with Crippen LogP contribution < -0.4 is 10.6 Å². The van der Waals surface area contributed by atoms with Gasteiger partial charge in [0.05, 0.1) is 6.54 Å². The maximum Gasteiger partial charge on any atom is 0.239 e. The van der Waals surface area contributed by atoms with Crippen molar-refractivity contribution in [2.75, 3.05) is 6.54 Å². The molecule has 2 amide bonds. The minimum atomic E-state index is -0.134. The van der Waals surface area contributed by atoms with Gasteiger partial charge in [0.25, 0.3) is 0 Å². The van der Waals surface area contributed by atoms with Crippen molar-refractivity contribution in [3.8, 4) is 0 Å². The Morgan fingerprint density at radius 1 is 1.14 bits per heavy atom. The summed E-state index contributed by atoms with van der Waals surface area (Å²) in [6.07, 6.45) is 6.45. The summed E-state index contributed by atoms with van der Waals surface area (Å²) >= 11 is 0. The topological polar surface area (TPSA) is 58.2 Å². The average molecular weight is 302 g/mol. The van der Waals surface area contributed by atoms with E-state index in [4.69, 9.17) is 0 Å². The Morgan fingerprint density at radius 3 is 2.50 bits per heavy atom. The van der Waals surface area contributed by atoms with Gasteiger partial charge in [-0.3, -0.25) is 9.59 Å². The summed E-state index contributed by atoms with van der Waals surface area (Å²) < 4.78 is 0. The molecule has 0 radical (unpaired) electrons. The first-order chi connectivity index (χ1) is 10.6. The predicted molar refractivity (Wildman–Crippen MR) is 87.3 cm³/mol. The van der Waals surface area contributed by atoms with Gasteiger partial charge in [0.1, 0.15) is 0 Å². The van der Waals surface area contributed by atoms with Crippen molar-refractivity contribution in [3.63, 3.8) is 0 Å². The number of carbonyl (C=O) groups is 2. The Balaban J connectivity index is 1.68. The van der Waals surface area contributed by atoms with Gasteiger partial charge >= 0.3 is 0 Å². The molecule has 2 N–H and O–H groups in total. The molecule has 4 heteroatoms. The highest BCUT2D eigenvalue weighted by atomic mass is 16.2. The van der Waals surface area contributed by atoms with Gasteiger partial charge in [-0.25, -0.2) is 0 Å². The molecule has 1 aliphatic rings. The zero-order valence-corrected chi connectivity index (χ0v) is 13.3. The van der Waals surface area contributed by atoms with Crippen LogP contribution >= 0.6 is 0 Å². The van der Waals surface area contributed by atoms with Crippen LogP contribution in [0.25, 0.3) is 0 Å². The second-order valence-corrected chi connectivity index (χ2v) is 6.21. The van der Waals surface area contributed by atoms with Crippen LogP contribution in [0.1, 0.15) is 44.6 Å². The first-order valence-electron chi connectivity index (χ1n) is 8.26. The van der Waals surface area contributed by atoms with Crippen LogP contribution in [0, 0.1) is 5.92 Å². The molecule has 4 nitrogen and oxygen atoms in total. The molecule has 120 valence electrons. The second-order valence-electron chi connectivity index (χ2n) is 6.21. The van der Waals surface area contributed by atoms with Crippen molar-refractivity contribution >= 4 is 11.8 Å². The molecule has 1 saturated carbocycles. The van der Waals surface area contributed by atoms with Crippen molar-refractivity contribution in [2.45, 2.75) is 51.5 Å². The molecule has 0 saturated heterocycles. The smallest absolute Gasteiger partial charge is 0.239 e. The summed E-state index contributed by atoms with van der Waals surface area (Å²) in [7, 11) is 0. The van der Waals surface area contributed by atoms with E-state index in [2.05, 4.69) is 10.6 Å². The van der Waals surface area contributed by atoms with Crippen LogP contribution in [0.15, 0.2) is 30.3 Å². The quantitative estimate of drug-likeness (QED) is 0.848. The summed E-state index contributed by atoms with van der Waals surface area (Å²) in [6, 6.07) is 10.2. The van der Waals surface area contributed by atoms with Gasteiger partial charge in [-0.1, -0.05) is 56.5 Å². The Hall–Kier alpha value is -1.84. The molecule has 1 fully saturated rings. The van der Waals surface area contributed by atoms with E-state index in [1.165, 1.54) is 19.3 Å². The molecule has 0 aliphatic heterocycles. The number of rotatable bonds is 6. The van der Waals surface area contributed by atoms with Gasteiger partial charge < -0.3 is 10.6 Å². The zero-order chi connectivity index (χ0) is 15.8. The summed E-state index contributed by atoms with van der Waals surface area (Å²) in [5.74, 6) is -0.278. The minimum absolute atomic E-state index is 0.0670. The summed E-state index contributed by atoms with van der Waals surface area (Å²) in [4.78, 5) is 23.9. The third-order valence-corrected chi connectivity index (χ3v) is 4.23. The fourth-order valence-electron chi connectivity index (χ4n) is 2.93.